The van der Waals surface area contributed by atoms with E-state index in [-0.39, 0.29) is 0 Å². The molecule has 0 atom stereocenters. The Morgan fingerprint density at radius 1 is 0.947 bits per heavy atom. The van der Waals surface area contributed by atoms with Gasteiger partial charge in [0, 0.05) is 3.57 Å². The van der Waals surface area contributed by atoms with Crippen molar-refractivity contribution in [2.75, 3.05) is 4.72 Å². The fourth-order valence-electron chi connectivity index (χ4n) is 1.46. The Bertz CT molecular complexity index is 682. The van der Waals surface area contributed by atoms with Crippen LogP contribution in [-0.2, 0) is 10.0 Å². The lowest BCUT2D eigenvalue weighted by molar-refractivity contribution is 0.609. The van der Waals surface area contributed by atoms with Crippen LogP contribution in [0.1, 0.15) is 5.56 Å². The van der Waals surface area contributed by atoms with E-state index in [0.717, 1.165) is 9.13 Å². The molecular weight excluding hydrogens is 373 g/mol. The quantitative estimate of drug-likeness (QED) is 0.816. The van der Waals surface area contributed by atoms with Gasteiger partial charge in [-0.3, -0.25) is 4.72 Å². The van der Waals surface area contributed by atoms with E-state index in [1.807, 2.05) is 42.5 Å². The van der Waals surface area contributed by atoms with Crippen molar-refractivity contribution in [1.82, 2.24) is 0 Å². The Morgan fingerprint density at radius 3 is 2.26 bits per heavy atom. The molecule has 0 unspecified atom stereocenters. The second-order valence-electron chi connectivity index (χ2n) is 3.84. The number of nitrogens with one attached hydrogen (secondary N) is 1. The number of benzene rings is 2. The van der Waals surface area contributed by atoms with Crippen molar-refractivity contribution in [1.29, 1.82) is 0 Å². The molecule has 5 heteroatoms. The minimum absolute atomic E-state index is 0.584. The van der Waals surface area contributed by atoms with Gasteiger partial charge in [0.1, 0.15) is 0 Å². The smallest absolute Gasteiger partial charge is 0.255 e. The van der Waals surface area contributed by atoms with E-state index in [1.54, 1.807) is 18.2 Å². The molecule has 0 bridgehead atoms. The maximum atomic E-state index is 11.9. The van der Waals surface area contributed by atoms with Crippen LogP contribution in [0.4, 0.5) is 5.69 Å². The van der Waals surface area contributed by atoms with Crippen LogP contribution in [-0.4, -0.2) is 8.42 Å². The molecule has 0 saturated heterocycles. The summed E-state index contributed by atoms with van der Waals surface area (Å²) in [6.45, 7) is 0. The number of sulfonamides is 1. The first kappa shape index (κ1) is 14.1. The number of hydrogen-bond acceptors (Lipinski definition) is 2. The first-order chi connectivity index (χ1) is 9.07. The topological polar surface area (TPSA) is 46.2 Å². The highest BCUT2D eigenvalue weighted by Gasteiger charge is 2.07. The number of para-hydroxylation sites is 1. The average Bonchev–Trinajstić information content (AvgIpc) is 2.40. The molecule has 0 aliphatic rings. The number of anilines is 1. The van der Waals surface area contributed by atoms with Gasteiger partial charge < -0.3 is 0 Å². The van der Waals surface area contributed by atoms with E-state index in [9.17, 15) is 8.42 Å². The first-order valence-electron chi connectivity index (χ1n) is 5.57. The molecule has 2 aromatic rings. The average molecular weight is 385 g/mol. The summed E-state index contributed by atoms with van der Waals surface area (Å²) in [4.78, 5) is 0. The van der Waals surface area contributed by atoms with Crippen molar-refractivity contribution in [3.8, 4) is 0 Å². The van der Waals surface area contributed by atoms with Gasteiger partial charge in [0.15, 0.2) is 0 Å². The van der Waals surface area contributed by atoms with Gasteiger partial charge in [0.25, 0.3) is 10.0 Å². The Balaban J connectivity index is 2.16. The summed E-state index contributed by atoms with van der Waals surface area (Å²) in [5.74, 6) is 0. The van der Waals surface area contributed by atoms with Crippen molar-refractivity contribution >= 4 is 44.4 Å². The number of rotatable bonds is 4. The second-order valence-corrected chi connectivity index (χ2v) is 6.57. The fourth-order valence-corrected chi connectivity index (χ4v) is 3.06. The SMILES string of the molecule is O=S(=O)(/C=C/c1ccccc1)Nc1ccccc1I. The molecule has 0 fully saturated rings. The lowest BCUT2D eigenvalue weighted by atomic mass is 10.2. The molecule has 0 spiro atoms. The maximum absolute atomic E-state index is 11.9. The third-order valence-electron chi connectivity index (χ3n) is 2.37. The molecule has 2 aromatic carbocycles. The zero-order valence-corrected chi connectivity index (χ0v) is 12.9. The zero-order valence-electron chi connectivity index (χ0n) is 9.95. The molecule has 0 saturated carbocycles. The monoisotopic (exact) mass is 385 g/mol. The maximum Gasteiger partial charge on any atom is 0.255 e. The Hall–Kier alpha value is -1.34. The van der Waals surface area contributed by atoms with Gasteiger partial charge in [-0.1, -0.05) is 42.5 Å². The van der Waals surface area contributed by atoms with Crippen molar-refractivity contribution in [3.63, 3.8) is 0 Å². The van der Waals surface area contributed by atoms with E-state index >= 15 is 0 Å². The summed E-state index contributed by atoms with van der Waals surface area (Å²) in [7, 11) is -3.49. The Kier molecular flexibility index (Phi) is 4.60. The number of hydrogen-bond donors (Lipinski definition) is 1. The van der Waals surface area contributed by atoms with Gasteiger partial charge in [0.05, 0.1) is 11.1 Å². The van der Waals surface area contributed by atoms with Crippen LogP contribution in [0, 0.1) is 3.57 Å². The highest BCUT2D eigenvalue weighted by molar-refractivity contribution is 14.1. The van der Waals surface area contributed by atoms with Gasteiger partial charge in [0.2, 0.25) is 0 Å². The van der Waals surface area contributed by atoms with Crippen molar-refractivity contribution in [2.24, 2.45) is 0 Å². The third kappa shape index (κ3) is 4.36. The molecule has 0 aliphatic carbocycles. The Morgan fingerprint density at radius 2 is 1.58 bits per heavy atom. The molecule has 0 aromatic heterocycles. The molecule has 0 heterocycles. The van der Waals surface area contributed by atoms with Crippen LogP contribution >= 0.6 is 22.6 Å². The summed E-state index contributed by atoms with van der Waals surface area (Å²) < 4.78 is 27.2. The van der Waals surface area contributed by atoms with Crippen LogP contribution < -0.4 is 4.72 Å². The highest BCUT2D eigenvalue weighted by Crippen LogP contribution is 2.18. The van der Waals surface area contributed by atoms with E-state index < -0.39 is 10.0 Å². The standard InChI is InChI=1S/C14H12INO2S/c15-13-8-4-5-9-14(13)16-19(17,18)11-10-12-6-2-1-3-7-12/h1-11,16H/b11-10+. The molecule has 19 heavy (non-hydrogen) atoms. The van der Waals surface area contributed by atoms with Gasteiger partial charge in [-0.05, 0) is 46.4 Å². The summed E-state index contributed by atoms with van der Waals surface area (Å²) in [5, 5.41) is 1.17. The van der Waals surface area contributed by atoms with Crippen LogP contribution in [0.25, 0.3) is 6.08 Å². The van der Waals surface area contributed by atoms with Crippen molar-refractivity contribution in [2.45, 2.75) is 0 Å². The molecule has 1 N–H and O–H groups in total. The molecule has 0 aliphatic heterocycles. The van der Waals surface area contributed by atoms with E-state index in [4.69, 9.17) is 0 Å². The summed E-state index contributed by atoms with van der Waals surface area (Å²) in [6.07, 6.45) is 1.57. The lowest BCUT2D eigenvalue weighted by Crippen LogP contribution is -2.09. The van der Waals surface area contributed by atoms with Crippen LogP contribution in [0.3, 0.4) is 0 Å². The minimum atomic E-state index is -3.49. The second kappa shape index (κ2) is 6.21. The summed E-state index contributed by atoms with van der Waals surface area (Å²) in [6, 6.07) is 16.5. The normalized spacial score (nSPS) is 11.6. The molecule has 3 nitrogen and oxygen atoms in total. The molecule has 0 amide bonds. The summed E-state index contributed by atoms with van der Waals surface area (Å²) in [5.41, 5.74) is 1.43. The van der Waals surface area contributed by atoms with Crippen molar-refractivity contribution in [3.05, 3.63) is 69.1 Å². The van der Waals surface area contributed by atoms with E-state index in [0.29, 0.717) is 5.69 Å². The van der Waals surface area contributed by atoms with Gasteiger partial charge >= 0.3 is 0 Å². The summed E-state index contributed by atoms with van der Waals surface area (Å²) >= 11 is 2.09. The lowest BCUT2D eigenvalue weighted by Gasteiger charge is -2.06. The first-order valence-corrected chi connectivity index (χ1v) is 8.20. The van der Waals surface area contributed by atoms with Crippen LogP contribution in [0.15, 0.2) is 60.0 Å². The molecular formula is C14H12INO2S. The fraction of sp³-hybridized carbons (Fsp3) is 0. The van der Waals surface area contributed by atoms with Crippen LogP contribution in [0.2, 0.25) is 0 Å². The van der Waals surface area contributed by atoms with Gasteiger partial charge in [-0.2, -0.15) is 0 Å². The van der Waals surface area contributed by atoms with Crippen LogP contribution in [0.5, 0.6) is 0 Å². The largest absolute Gasteiger partial charge is 0.279 e. The Labute approximate surface area is 126 Å². The van der Waals surface area contributed by atoms with Crippen molar-refractivity contribution < 1.29 is 8.42 Å². The molecule has 2 rings (SSSR count). The minimum Gasteiger partial charge on any atom is -0.279 e. The highest BCUT2D eigenvalue weighted by atomic mass is 127. The third-order valence-corrected chi connectivity index (χ3v) is 4.30. The molecule has 0 radical (unpaired) electrons. The van der Waals surface area contributed by atoms with E-state index in [1.165, 1.54) is 5.41 Å². The van der Waals surface area contributed by atoms with Gasteiger partial charge in [-0.15, -0.1) is 0 Å². The zero-order chi connectivity index (χ0) is 13.7. The predicted octanol–water partition coefficient (Wildman–Crippen LogP) is 3.70. The van der Waals surface area contributed by atoms with E-state index in [2.05, 4.69) is 27.3 Å². The predicted molar refractivity (Wildman–Crippen MR) is 87.2 cm³/mol. The molecule has 98 valence electrons. The number of halogens is 1. The van der Waals surface area contributed by atoms with Gasteiger partial charge in [-0.25, -0.2) is 8.42 Å².